The van der Waals surface area contributed by atoms with Gasteiger partial charge in [-0.2, -0.15) is 5.10 Å². The van der Waals surface area contributed by atoms with E-state index in [1.54, 1.807) is 20.8 Å². The van der Waals surface area contributed by atoms with Gasteiger partial charge in [-0.3, -0.25) is 9.40 Å². The number of rotatable bonds is 4. The lowest BCUT2D eigenvalue weighted by atomic mass is 10.3. The molecule has 0 atom stereocenters. The van der Waals surface area contributed by atoms with Gasteiger partial charge in [0, 0.05) is 6.54 Å². The number of nitrogens with one attached hydrogen (secondary N) is 1. The smallest absolute Gasteiger partial charge is 0.267 e. The van der Waals surface area contributed by atoms with E-state index in [1.165, 1.54) is 28.6 Å². The van der Waals surface area contributed by atoms with Crippen molar-refractivity contribution < 1.29 is 12.8 Å². The molecule has 1 aromatic heterocycles. The summed E-state index contributed by atoms with van der Waals surface area (Å²) in [6.07, 6.45) is 0. The van der Waals surface area contributed by atoms with Crippen molar-refractivity contribution in [2.75, 3.05) is 10.8 Å². The molecule has 0 unspecified atom stereocenters. The lowest BCUT2D eigenvalue weighted by Crippen LogP contribution is -2.31. The summed E-state index contributed by atoms with van der Waals surface area (Å²) in [5.74, 6) is -0.405. The molecule has 1 N–H and O–H groups in total. The molecule has 1 heterocycles. The first-order chi connectivity index (χ1) is 9.37. The summed E-state index contributed by atoms with van der Waals surface area (Å²) in [7, 11) is -3.72. The highest BCUT2D eigenvalue weighted by atomic mass is 32.2. The second-order valence-corrected chi connectivity index (χ2v) is 6.21. The number of halogens is 1. The number of aromatic amines is 1. The molecule has 0 fully saturated rings. The maximum atomic E-state index is 13.0. The van der Waals surface area contributed by atoms with Crippen LogP contribution >= 0.6 is 0 Å². The molecule has 0 aliphatic heterocycles. The first kappa shape index (κ1) is 14.5. The third kappa shape index (κ3) is 2.40. The van der Waals surface area contributed by atoms with Crippen LogP contribution in [0.5, 0.6) is 0 Å². The molecular formula is C13H16FN3O2S. The van der Waals surface area contributed by atoms with E-state index in [0.29, 0.717) is 17.1 Å². The van der Waals surface area contributed by atoms with Gasteiger partial charge in [0.2, 0.25) is 0 Å². The van der Waals surface area contributed by atoms with E-state index in [4.69, 9.17) is 0 Å². The highest BCUT2D eigenvalue weighted by Gasteiger charge is 2.28. The molecule has 20 heavy (non-hydrogen) atoms. The fourth-order valence-electron chi connectivity index (χ4n) is 2.13. The molecular weight excluding hydrogens is 281 g/mol. The van der Waals surface area contributed by atoms with Gasteiger partial charge in [0.05, 0.1) is 17.1 Å². The first-order valence-corrected chi connectivity index (χ1v) is 7.61. The van der Waals surface area contributed by atoms with Crippen molar-refractivity contribution in [2.45, 2.75) is 25.7 Å². The molecule has 0 saturated heterocycles. The third-order valence-corrected chi connectivity index (χ3v) is 5.18. The monoisotopic (exact) mass is 297 g/mol. The van der Waals surface area contributed by atoms with Gasteiger partial charge in [-0.1, -0.05) is 0 Å². The van der Waals surface area contributed by atoms with Crippen LogP contribution in [0.1, 0.15) is 18.3 Å². The first-order valence-electron chi connectivity index (χ1n) is 6.17. The molecule has 0 aliphatic carbocycles. The van der Waals surface area contributed by atoms with Gasteiger partial charge >= 0.3 is 0 Å². The highest BCUT2D eigenvalue weighted by molar-refractivity contribution is 7.93. The van der Waals surface area contributed by atoms with Gasteiger partial charge in [0.1, 0.15) is 10.7 Å². The van der Waals surface area contributed by atoms with E-state index in [1.807, 2.05) is 0 Å². The number of aromatic nitrogens is 2. The minimum absolute atomic E-state index is 0.170. The van der Waals surface area contributed by atoms with Gasteiger partial charge < -0.3 is 0 Å². The van der Waals surface area contributed by atoms with Crippen LogP contribution in [-0.2, 0) is 10.0 Å². The van der Waals surface area contributed by atoms with Crippen molar-refractivity contribution in [1.82, 2.24) is 10.2 Å². The summed E-state index contributed by atoms with van der Waals surface area (Å²) in [6, 6.07) is 5.37. The zero-order valence-electron chi connectivity index (χ0n) is 11.5. The second-order valence-electron chi connectivity index (χ2n) is 4.41. The predicted octanol–water partition coefficient (Wildman–Crippen LogP) is 2.38. The Morgan fingerprint density at radius 3 is 2.30 bits per heavy atom. The van der Waals surface area contributed by atoms with Gasteiger partial charge in [-0.25, -0.2) is 12.8 Å². The Balaban J connectivity index is 2.53. The summed E-state index contributed by atoms with van der Waals surface area (Å²) in [4.78, 5) is 0.170. The molecule has 2 rings (SSSR count). The fourth-order valence-corrected chi connectivity index (χ4v) is 3.94. The van der Waals surface area contributed by atoms with E-state index in [-0.39, 0.29) is 11.4 Å². The van der Waals surface area contributed by atoms with Crippen LogP contribution in [0.4, 0.5) is 10.1 Å². The van der Waals surface area contributed by atoms with E-state index in [2.05, 4.69) is 10.2 Å². The quantitative estimate of drug-likeness (QED) is 0.942. The Hall–Kier alpha value is -1.89. The number of H-pyrrole nitrogens is 1. The van der Waals surface area contributed by atoms with Crippen molar-refractivity contribution >= 4 is 15.7 Å². The fraction of sp³-hybridized carbons (Fsp3) is 0.308. The Kier molecular flexibility index (Phi) is 3.80. The molecule has 1 aromatic carbocycles. The number of sulfonamides is 1. The number of hydrogen-bond acceptors (Lipinski definition) is 3. The molecule has 2 aromatic rings. The third-order valence-electron chi connectivity index (χ3n) is 3.01. The maximum absolute atomic E-state index is 13.0. The summed E-state index contributed by atoms with van der Waals surface area (Å²) in [5, 5.41) is 6.58. The van der Waals surface area contributed by atoms with Gasteiger partial charge in [-0.05, 0) is 45.0 Å². The van der Waals surface area contributed by atoms with Crippen molar-refractivity contribution in [3.8, 4) is 0 Å². The normalized spacial score (nSPS) is 11.6. The molecule has 0 spiro atoms. The molecule has 0 radical (unpaired) electrons. The van der Waals surface area contributed by atoms with Gasteiger partial charge in [0.15, 0.2) is 0 Å². The van der Waals surface area contributed by atoms with E-state index in [0.717, 1.165) is 0 Å². The molecule has 5 nitrogen and oxygen atoms in total. The predicted molar refractivity (Wildman–Crippen MR) is 74.7 cm³/mol. The summed E-state index contributed by atoms with van der Waals surface area (Å²) >= 11 is 0. The number of benzene rings is 1. The van der Waals surface area contributed by atoms with Crippen LogP contribution in [0.15, 0.2) is 29.2 Å². The van der Waals surface area contributed by atoms with Crippen LogP contribution in [0.3, 0.4) is 0 Å². The SMILES string of the molecule is CCN(c1ccc(F)cc1)S(=O)(=O)c1c(C)n[nH]c1C. The number of nitrogens with zero attached hydrogens (tertiary/aromatic N) is 2. The second kappa shape index (κ2) is 5.24. The Bertz CT molecular complexity index is 688. The minimum atomic E-state index is -3.72. The summed E-state index contributed by atoms with van der Waals surface area (Å²) in [5.41, 5.74) is 1.33. The molecule has 7 heteroatoms. The number of hydrogen-bond donors (Lipinski definition) is 1. The summed E-state index contributed by atoms with van der Waals surface area (Å²) in [6.45, 7) is 5.27. The van der Waals surface area contributed by atoms with Crippen LogP contribution in [0, 0.1) is 19.7 Å². The molecule has 0 bridgehead atoms. The average molecular weight is 297 g/mol. The van der Waals surface area contributed by atoms with Crippen LogP contribution in [-0.4, -0.2) is 25.2 Å². The Labute approximate surface area is 117 Å². The van der Waals surface area contributed by atoms with Crippen molar-refractivity contribution in [2.24, 2.45) is 0 Å². The topological polar surface area (TPSA) is 66.1 Å². The van der Waals surface area contributed by atoms with E-state index < -0.39 is 15.8 Å². The Morgan fingerprint density at radius 2 is 1.85 bits per heavy atom. The summed E-state index contributed by atoms with van der Waals surface area (Å²) < 4.78 is 39.7. The lowest BCUT2D eigenvalue weighted by molar-refractivity contribution is 0.590. The highest BCUT2D eigenvalue weighted by Crippen LogP contribution is 2.26. The number of aryl methyl sites for hydroxylation is 2. The average Bonchev–Trinajstić information content (AvgIpc) is 2.72. The van der Waals surface area contributed by atoms with Crippen LogP contribution < -0.4 is 4.31 Å². The van der Waals surface area contributed by atoms with E-state index >= 15 is 0 Å². The van der Waals surface area contributed by atoms with Crippen molar-refractivity contribution in [1.29, 1.82) is 0 Å². The van der Waals surface area contributed by atoms with Gasteiger partial charge in [0.25, 0.3) is 10.0 Å². The van der Waals surface area contributed by atoms with Crippen LogP contribution in [0.25, 0.3) is 0 Å². The van der Waals surface area contributed by atoms with Gasteiger partial charge in [-0.15, -0.1) is 0 Å². The zero-order chi connectivity index (χ0) is 14.9. The van der Waals surface area contributed by atoms with E-state index in [9.17, 15) is 12.8 Å². The maximum Gasteiger partial charge on any atom is 0.267 e. The number of anilines is 1. The zero-order valence-corrected chi connectivity index (χ0v) is 12.3. The Morgan fingerprint density at radius 1 is 1.25 bits per heavy atom. The lowest BCUT2D eigenvalue weighted by Gasteiger charge is -2.23. The standard InChI is InChI=1S/C13H16FN3O2S/c1-4-17(12-7-5-11(14)6-8-12)20(18,19)13-9(2)15-16-10(13)3/h5-8H,4H2,1-3H3,(H,15,16). The minimum Gasteiger partial charge on any atom is -0.281 e. The molecule has 0 amide bonds. The van der Waals surface area contributed by atoms with Crippen LogP contribution in [0.2, 0.25) is 0 Å². The van der Waals surface area contributed by atoms with Crippen molar-refractivity contribution in [3.05, 3.63) is 41.5 Å². The molecule has 0 aliphatic rings. The molecule has 108 valence electrons. The molecule has 0 saturated carbocycles. The largest absolute Gasteiger partial charge is 0.281 e. The van der Waals surface area contributed by atoms with Crippen molar-refractivity contribution in [3.63, 3.8) is 0 Å².